The summed E-state index contributed by atoms with van der Waals surface area (Å²) in [5.74, 6) is 0.0539. The van der Waals surface area contributed by atoms with Gasteiger partial charge in [-0.25, -0.2) is 9.37 Å². The van der Waals surface area contributed by atoms with Crippen molar-refractivity contribution < 1.29 is 9.18 Å². The van der Waals surface area contributed by atoms with Crippen LogP contribution in [0.3, 0.4) is 0 Å². The van der Waals surface area contributed by atoms with Crippen molar-refractivity contribution in [1.82, 2.24) is 25.0 Å². The lowest BCUT2D eigenvalue weighted by atomic mass is 9.86. The second-order valence-electron chi connectivity index (χ2n) is 7.27. The van der Waals surface area contributed by atoms with Gasteiger partial charge >= 0.3 is 0 Å². The quantitative estimate of drug-likeness (QED) is 0.519. The number of aromatic nitrogens is 5. The Morgan fingerprint density at radius 1 is 1.19 bits per heavy atom. The second-order valence-corrected chi connectivity index (χ2v) is 7.70. The number of amides is 1. The lowest BCUT2D eigenvalue weighted by Gasteiger charge is -2.24. The molecule has 1 N–H and O–H groups in total. The largest absolute Gasteiger partial charge is 0.310 e. The van der Waals surface area contributed by atoms with Crippen LogP contribution in [0.4, 0.5) is 10.2 Å². The predicted octanol–water partition coefficient (Wildman–Crippen LogP) is 4.30. The highest BCUT2D eigenvalue weighted by atomic mass is 35.5. The molecule has 3 heterocycles. The highest BCUT2D eigenvalue weighted by Crippen LogP contribution is 2.40. The maximum absolute atomic E-state index is 13.3. The molecule has 1 atom stereocenters. The first-order chi connectivity index (χ1) is 15.0. The van der Waals surface area contributed by atoms with E-state index in [0.717, 1.165) is 16.8 Å². The fourth-order valence-corrected chi connectivity index (χ4v) is 4.04. The van der Waals surface area contributed by atoms with E-state index in [-0.39, 0.29) is 30.0 Å². The van der Waals surface area contributed by atoms with Crippen molar-refractivity contribution in [3.05, 3.63) is 82.4 Å². The van der Waals surface area contributed by atoms with E-state index in [0.29, 0.717) is 22.1 Å². The Labute approximate surface area is 181 Å². The minimum absolute atomic E-state index is 0.138. The Kier molecular flexibility index (Phi) is 4.71. The van der Waals surface area contributed by atoms with E-state index < -0.39 is 0 Å². The van der Waals surface area contributed by atoms with Crippen molar-refractivity contribution in [2.24, 2.45) is 0 Å². The maximum atomic E-state index is 13.3. The first-order valence-electron chi connectivity index (χ1n) is 9.60. The Bertz CT molecular complexity index is 1300. The minimum Gasteiger partial charge on any atom is -0.310 e. The fourth-order valence-electron chi connectivity index (χ4n) is 3.84. The van der Waals surface area contributed by atoms with E-state index in [9.17, 15) is 9.18 Å². The summed E-state index contributed by atoms with van der Waals surface area (Å²) in [5.41, 5.74) is 3.77. The summed E-state index contributed by atoms with van der Waals surface area (Å²) in [5, 5.41) is 16.2. The zero-order valence-corrected chi connectivity index (χ0v) is 17.1. The number of rotatable bonds is 3. The lowest BCUT2D eigenvalue weighted by molar-refractivity contribution is -0.116. The molecule has 0 bridgehead atoms. The van der Waals surface area contributed by atoms with Gasteiger partial charge in [0.1, 0.15) is 11.6 Å². The number of carbonyl (C=O) groups is 1. The molecule has 0 fully saturated rings. The summed E-state index contributed by atoms with van der Waals surface area (Å²) < 4.78 is 14.8. The number of hydrogen-bond acceptors (Lipinski definition) is 5. The van der Waals surface area contributed by atoms with Crippen LogP contribution in [0, 0.1) is 12.7 Å². The molecule has 7 nitrogen and oxygen atoms in total. The van der Waals surface area contributed by atoms with Gasteiger partial charge in [0.2, 0.25) is 5.91 Å². The molecule has 0 unspecified atom stereocenters. The molecule has 1 aliphatic heterocycles. The van der Waals surface area contributed by atoms with Gasteiger partial charge in [0, 0.05) is 28.5 Å². The molecule has 31 heavy (non-hydrogen) atoms. The molecule has 1 aliphatic rings. The molecule has 4 aromatic rings. The molecule has 1 amide bonds. The minimum atomic E-state index is -0.336. The van der Waals surface area contributed by atoms with Gasteiger partial charge in [-0.2, -0.15) is 14.9 Å². The van der Waals surface area contributed by atoms with Crippen LogP contribution in [0.5, 0.6) is 0 Å². The van der Waals surface area contributed by atoms with E-state index in [1.54, 1.807) is 18.2 Å². The molecule has 0 saturated heterocycles. The molecule has 0 radical (unpaired) electrons. The third-order valence-corrected chi connectivity index (χ3v) is 5.47. The van der Waals surface area contributed by atoms with E-state index in [1.807, 2.05) is 25.1 Å². The number of fused-ring (bicyclic) bond motifs is 1. The molecule has 2 aromatic heterocycles. The fraction of sp³-hybridized carbons (Fsp3) is 0.136. The molecule has 0 saturated carbocycles. The van der Waals surface area contributed by atoms with Gasteiger partial charge in [-0.1, -0.05) is 23.7 Å². The lowest BCUT2D eigenvalue weighted by Crippen LogP contribution is -2.25. The predicted molar refractivity (Wildman–Crippen MR) is 114 cm³/mol. The van der Waals surface area contributed by atoms with Crippen molar-refractivity contribution in [1.29, 1.82) is 0 Å². The number of anilines is 1. The van der Waals surface area contributed by atoms with Crippen LogP contribution in [-0.2, 0) is 4.79 Å². The SMILES string of the molecule is Cc1nn(-c2nncc(-c3ccc(F)cc3)n2)c2c1[C@H](c1cccc(Cl)c1)CC(=O)N2. The van der Waals surface area contributed by atoms with Gasteiger partial charge in [-0.3, -0.25) is 4.79 Å². The van der Waals surface area contributed by atoms with Gasteiger partial charge < -0.3 is 5.32 Å². The van der Waals surface area contributed by atoms with Crippen molar-refractivity contribution in [2.75, 3.05) is 5.32 Å². The Balaban J connectivity index is 1.61. The zero-order chi connectivity index (χ0) is 21.5. The van der Waals surface area contributed by atoms with Crippen molar-refractivity contribution in [3.63, 3.8) is 0 Å². The Morgan fingerprint density at radius 3 is 2.77 bits per heavy atom. The number of nitrogens with zero attached hydrogens (tertiary/aromatic N) is 5. The van der Waals surface area contributed by atoms with Crippen LogP contribution in [0.25, 0.3) is 17.2 Å². The number of carbonyl (C=O) groups excluding carboxylic acids is 1. The van der Waals surface area contributed by atoms with Crippen LogP contribution in [-0.4, -0.2) is 30.9 Å². The molecule has 2 aromatic carbocycles. The average Bonchev–Trinajstić information content (AvgIpc) is 3.10. The van der Waals surface area contributed by atoms with Crippen LogP contribution in [0.2, 0.25) is 5.02 Å². The van der Waals surface area contributed by atoms with E-state index in [2.05, 4.69) is 25.6 Å². The third kappa shape index (κ3) is 3.55. The zero-order valence-electron chi connectivity index (χ0n) is 16.4. The maximum Gasteiger partial charge on any atom is 0.272 e. The number of benzene rings is 2. The summed E-state index contributed by atoms with van der Waals surface area (Å²) in [6.45, 7) is 1.88. The first kappa shape index (κ1) is 19.3. The summed E-state index contributed by atoms with van der Waals surface area (Å²) in [7, 11) is 0. The third-order valence-electron chi connectivity index (χ3n) is 5.23. The number of aryl methyl sites for hydroxylation is 1. The van der Waals surface area contributed by atoms with Crippen molar-refractivity contribution >= 4 is 23.3 Å². The first-order valence-corrected chi connectivity index (χ1v) is 9.98. The van der Waals surface area contributed by atoms with Crippen LogP contribution >= 0.6 is 11.6 Å². The summed E-state index contributed by atoms with van der Waals surface area (Å²) in [6, 6.07) is 13.4. The standard InChI is InChI=1S/C22H16ClFN6O/c1-12-20-17(14-3-2-4-15(23)9-14)10-19(31)27-21(20)30(29-12)22-26-18(11-25-28-22)13-5-7-16(24)8-6-13/h2-9,11,17H,10H2,1H3,(H,27,31)/t17-/m0/s1. The molecule has 0 spiro atoms. The number of halogens is 2. The topological polar surface area (TPSA) is 85.6 Å². The van der Waals surface area contributed by atoms with Crippen LogP contribution in [0.1, 0.15) is 29.2 Å². The summed E-state index contributed by atoms with van der Waals surface area (Å²) in [6.07, 6.45) is 1.78. The van der Waals surface area contributed by atoms with Gasteiger partial charge in [-0.15, -0.1) is 5.10 Å². The Hall–Kier alpha value is -3.65. The van der Waals surface area contributed by atoms with Crippen molar-refractivity contribution in [3.8, 4) is 17.2 Å². The van der Waals surface area contributed by atoms with Crippen molar-refractivity contribution in [2.45, 2.75) is 19.3 Å². The molecule has 154 valence electrons. The van der Waals surface area contributed by atoms with E-state index in [4.69, 9.17) is 11.6 Å². The van der Waals surface area contributed by atoms with Crippen LogP contribution in [0.15, 0.2) is 54.7 Å². The van der Waals surface area contributed by atoms with Crippen LogP contribution < -0.4 is 5.32 Å². The highest BCUT2D eigenvalue weighted by molar-refractivity contribution is 6.30. The average molecular weight is 435 g/mol. The van der Waals surface area contributed by atoms with Gasteiger partial charge in [0.15, 0.2) is 0 Å². The van der Waals surface area contributed by atoms with Gasteiger partial charge in [0.25, 0.3) is 5.95 Å². The second kappa shape index (κ2) is 7.55. The van der Waals surface area contributed by atoms with E-state index in [1.165, 1.54) is 23.0 Å². The van der Waals surface area contributed by atoms with Gasteiger partial charge in [-0.05, 0) is 48.9 Å². The monoisotopic (exact) mass is 434 g/mol. The normalized spacial score (nSPS) is 15.5. The number of hydrogen-bond donors (Lipinski definition) is 1. The Morgan fingerprint density at radius 2 is 2.00 bits per heavy atom. The smallest absolute Gasteiger partial charge is 0.272 e. The molecular weight excluding hydrogens is 419 g/mol. The molecular formula is C22H16ClFN6O. The molecule has 5 rings (SSSR count). The van der Waals surface area contributed by atoms with Gasteiger partial charge in [0.05, 0.1) is 17.6 Å². The molecule has 0 aliphatic carbocycles. The number of nitrogens with one attached hydrogen (secondary N) is 1. The summed E-state index contributed by atoms with van der Waals surface area (Å²) >= 11 is 6.18. The van der Waals surface area contributed by atoms with E-state index >= 15 is 0 Å². The summed E-state index contributed by atoms with van der Waals surface area (Å²) in [4.78, 5) is 17.1. The molecule has 9 heteroatoms. The highest BCUT2D eigenvalue weighted by Gasteiger charge is 2.33.